The Kier molecular flexibility index (Phi) is 4.45. The average Bonchev–Trinajstić information content (AvgIpc) is 2.97. The van der Waals surface area contributed by atoms with Gasteiger partial charge in [0, 0.05) is 23.5 Å². The molecule has 1 aliphatic rings. The van der Waals surface area contributed by atoms with Gasteiger partial charge in [0.25, 0.3) is 0 Å². The van der Waals surface area contributed by atoms with E-state index in [9.17, 15) is 0 Å². The molecule has 0 spiro atoms. The minimum Gasteiger partial charge on any atom is -0.317 e. The molecule has 2 aromatic rings. The van der Waals surface area contributed by atoms with E-state index >= 15 is 0 Å². The predicted molar refractivity (Wildman–Crippen MR) is 84.9 cm³/mol. The van der Waals surface area contributed by atoms with Gasteiger partial charge >= 0.3 is 0 Å². The molecule has 1 aliphatic heterocycles. The largest absolute Gasteiger partial charge is 0.317 e. The van der Waals surface area contributed by atoms with Gasteiger partial charge < -0.3 is 5.32 Å². The molecule has 106 valence electrons. The van der Waals surface area contributed by atoms with Gasteiger partial charge in [-0.2, -0.15) is 0 Å². The van der Waals surface area contributed by atoms with Crippen molar-refractivity contribution in [3.8, 4) is 10.6 Å². The minimum absolute atomic E-state index is 0.693. The molecule has 0 atom stereocenters. The summed E-state index contributed by atoms with van der Waals surface area (Å²) in [6, 6.07) is 11.1. The Morgan fingerprint density at radius 2 is 2.00 bits per heavy atom. The molecular weight excluding hydrogens is 266 g/mol. The molecule has 0 aliphatic carbocycles. The molecule has 1 saturated heterocycles. The standard InChI is InChI=1S/C16H21N3S/c1-19(15-7-9-17-10-8-15)11-14-12-20-16(18-14)13-5-3-2-4-6-13/h2-6,12,15,17H,7-11H2,1H3. The second kappa shape index (κ2) is 6.48. The van der Waals surface area contributed by atoms with Crippen LogP contribution in [0.3, 0.4) is 0 Å². The Hall–Kier alpha value is -1.23. The summed E-state index contributed by atoms with van der Waals surface area (Å²) in [5.41, 5.74) is 2.41. The van der Waals surface area contributed by atoms with E-state index in [4.69, 9.17) is 4.98 Å². The first-order chi connectivity index (χ1) is 9.83. The number of thiazole rings is 1. The lowest BCUT2D eigenvalue weighted by Gasteiger charge is -2.31. The lowest BCUT2D eigenvalue weighted by atomic mass is 10.1. The van der Waals surface area contributed by atoms with Crippen molar-refractivity contribution in [2.24, 2.45) is 0 Å². The lowest BCUT2D eigenvalue weighted by Crippen LogP contribution is -2.40. The SMILES string of the molecule is CN(Cc1csc(-c2ccccc2)n1)C1CCNCC1. The van der Waals surface area contributed by atoms with Gasteiger partial charge in [-0.25, -0.2) is 4.98 Å². The van der Waals surface area contributed by atoms with Crippen LogP contribution in [0.15, 0.2) is 35.7 Å². The highest BCUT2D eigenvalue weighted by Crippen LogP contribution is 2.24. The molecular formula is C16H21N3S. The number of piperidine rings is 1. The molecule has 0 amide bonds. The zero-order valence-electron chi connectivity index (χ0n) is 11.9. The van der Waals surface area contributed by atoms with Crippen LogP contribution >= 0.6 is 11.3 Å². The Morgan fingerprint density at radius 3 is 2.75 bits per heavy atom. The third-order valence-corrected chi connectivity index (χ3v) is 4.86. The molecule has 1 fully saturated rings. The van der Waals surface area contributed by atoms with Crippen LogP contribution < -0.4 is 5.32 Å². The maximum atomic E-state index is 4.78. The fraction of sp³-hybridized carbons (Fsp3) is 0.438. The summed E-state index contributed by atoms with van der Waals surface area (Å²) in [6.07, 6.45) is 2.48. The highest BCUT2D eigenvalue weighted by atomic mass is 32.1. The molecule has 3 nitrogen and oxygen atoms in total. The average molecular weight is 287 g/mol. The first-order valence-electron chi connectivity index (χ1n) is 7.24. The van der Waals surface area contributed by atoms with E-state index in [2.05, 4.69) is 46.9 Å². The number of hydrogen-bond acceptors (Lipinski definition) is 4. The monoisotopic (exact) mass is 287 g/mol. The number of benzene rings is 1. The molecule has 0 bridgehead atoms. The van der Waals surface area contributed by atoms with Crippen molar-refractivity contribution >= 4 is 11.3 Å². The maximum Gasteiger partial charge on any atom is 0.123 e. The van der Waals surface area contributed by atoms with Crippen molar-refractivity contribution in [3.05, 3.63) is 41.4 Å². The number of hydrogen-bond donors (Lipinski definition) is 1. The minimum atomic E-state index is 0.693. The first kappa shape index (κ1) is 13.7. The Morgan fingerprint density at radius 1 is 1.25 bits per heavy atom. The van der Waals surface area contributed by atoms with Crippen LogP contribution in [0, 0.1) is 0 Å². The maximum absolute atomic E-state index is 4.78. The Bertz CT molecular complexity index is 532. The predicted octanol–water partition coefficient (Wildman–Crippen LogP) is 2.99. The van der Waals surface area contributed by atoms with Crippen LogP contribution in [0.2, 0.25) is 0 Å². The molecule has 1 aromatic heterocycles. The Labute approximate surface area is 124 Å². The van der Waals surface area contributed by atoms with Gasteiger partial charge in [-0.15, -0.1) is 11.3 Å². The van der Waals surface area contributed by atoms with Crippen molar-refractivity contribution in [3.63, 3.8) is 0 Å². The third-order valence-electron chi connectivity index (χ3n) is 3.92. The fourth-order valence-corrected chi connectivity index (χ4v) is 3.54. The van der Waals surface area contributed by atoms with E-state index < -0.39 is 0 Å². The lowest BCUT2D eigenvalue weighted by molar-refractivity contribution is 0.190. The Balaban J connectivity index is 1.65. The van der Waals surface area contributed by atoms with Gasteiger partial charge in [0.2, 0.25) is 0 Å². The van der Waals surface area contributed by atoms with Gasteiger partial charge in [0.1, 0.15) is 5.01 Å². The van der Waals surface area contributed by atoms with Crippen molar-refractivity contribution in [1.29, 1.82) is 0 Å². The van der Waals surface area contributed by atoms with Gasteiger partial charge in [-0.1, -0.05) is 30.3 Å². The first-order valence-corrected chi connectivity index (χ1v) is 8.11. The second-order valence-electron chi connectivity index (χ2n) is 5.41. The van der Waals surface area contributed by atoms with Gasteiger partial charge in [-0.05, 0) is 33.0 Å². The van der Waals surface area contributed by atoms with E-state index in [1.807, 2.05) is 6.07 Å². The van der Waals surface area contributed by atoms with E-state index in [0.29, 0.717) is 6.04 Å². The number of nitrogens with one attached hydrogen (secondary N) is 1. The van der Waals surface area contributed by atoms with Crippen molar-refractivity contribution in [1.82, 2.24) is 15.2 Å². The summed E-state index contributed by atoms with van der Waals surface area (Å²) in [7, 11) is 2.22. The number of nitrogens with zero attached hydrogens (tertiary/aromatic N) is 2. The van der Waals surface area contributed by atoms with Crippen LogP contribution in [0.1, 0.15) is 18.5 Å². The highest BCUT2D eigenvalue weighted by Gasteiger charge is 2.18. The van der Waals surface area contributed by atoms with Gasteiger partial charge in [0.05, 0.1) is 5.69 Å². The summed E-state index contributed by atoms with van der Waals surface area (Å²) >= 11 is 1.74. The van der Waals surface area contributed by atoms with Crippen molar-refractivity contribution in [2.75, 3.05) is 20.1 Å². The summed E-state index contributed by atoms with van der Waals surface area (Å²) in [6.45, 7) is 3.23. The van der Waals surface area contributed by atoms with Crippen molar-refractivity contribution in [2.45, 2.75) is 25.4 Å². The molecule has 0 unspecified atom stereocenters. The molecule has 1 N–H and O–H groups in total. The normalized spacial score (nSPS) is 16.7. The van der Waals surface area contributed by atoms with Crippen LogP contribution in [-0.2, 0) is 6.54 Å². The fourth-order valence-electron chi connectivity index (χ4n) is 2.72. The van der Waals surface area contributed by atoms with E-state index in [1.54, 1.807) is 11.3 Å². The number of aromatic nitrogens is 1. The van der Waals surface area contributed by atoms with Crippen LogP contribution in [0.4, 0.5) is 0 Å². The molecule has 0 radical (unpaired) electrons. The molecule has 4 heteroatoms. The van der Waals surface area contributed by atoms with Gasteiger partial charge in [-0.3, -0.25) is 4.90 Å². The van der Waals surface area contributed by atoms with E-state index in [1.165, 1.54) is 24.1 Å². The topological polar surface area (TPSA) is 28.2 Å². The summed E-state index contributed by atoms with van der Waals surface area (Å²) in [4.78, 5) is 7.23. The molecule has 0 saturated carbocycles. The third kappa shape index (κ3) is 3.26. The van der Waals surface area contributed by atoms with Gasteiger partial charge in [0.15, 0.2) is 0 Å². The van der Waals surface area contributed by atoms with E-state index in [0.717, 1.165) is 24.6 Å². The summed E-state index contributed by atoms with van der Waals surface area (Å²) in [5, 5.41) is 6.74. The van der Waals surface area contributed by atoms with Crippen LogP contribution in [0.5, 0.6) is 0 Å². The molecule has 1 aromatic carbocycles. The zero-order valence-corrected chi connectivity index (χ0v) is 12.7. The summed E-state index contributed by atoms with van der Waals surface area (Å²) < 4.78 is 0. The molecule has 20 heavy (non-hydrogen) atoms. The van der Waals surface area contributed by atoms with Crippen molar-refractivity contribution < 1.29 is 0 Å². The van der Waals surface area contributed by atoms with Crippen LogP contribution in [-0.4, -0.2) is 36.1 Å². The second-order valence-corrected chi connectivity index (χ2v) is 6.26. The smallest absolute Gasteiger partial charge is 0.123 e. The zero-order chi connectivity index (χ0) is 13.8. The van der Waals surface area contributed by atoms with E-state index in [-0.39, 0.29) is 0 Å². The van der Waals surface area contributed by atoms with Crippen LogP contribution in [0.25, 0.3) is 10.6 Å². The summed E-state index contributed by atoms with van der Waals surface area (Å²) in [5.74, 6) is 0. The number of rotatable bonds is 4. The highest BCUT2D eigenvalue weighted by molar-refractivity contribution is 7.13. The molecule has 2 heterocycles. The molecule has 3 rings (SSSR count). The quantitative estimate of drug-likeness (QED) is 0.937.